The zero-order chi connectivity index (χ0) is 47.4. The number of rotatable bonds is 54. The summed E-state index contributed by atoms with van der Waals surface area (Å²) in [7, 11) is 0. The molecule has 6 heteroatoms. The Morgan fingerprint density at radius 3 is 0.754 bits per heavy atom. The molecule has 0 saturated carbocycles. The molecular formula is C59H114O6. The molecule has 0 saturated heterocycles. The minimum Gasteiger partial charge on any atom is -0.462 e. The Labute approximate surface area is 406 Å². The van der Waals surface area contributed by atoms with Crippen molar-refractivity contribution in [3.05, 3.63) is 0 Å². The summed E-state index contributed by atoms with van der Waals surface area (Å²) in [6.07, 6.45) is 58.3. The number of unbranched alkanes of at least 4 members (excludes halogenated alkanes) is 41. The third kappa shape index (κ3) is 53.2. The topological polar surface area (TPSA) is 78.9 Å². The van der Waals surface area contributed by atoms with Gasteiger partial charge in [0.2, 0.25) is 0 Å². The molecule has 0 heterocycles. The average Bonchev–Trinajstić information content (AvgIpc) is 3.29. The SMILES string of the molecule is CCCCCCCCCCCCCCCCCCCCCC(=O)O[C@H](COC(=O)CCCCCCCCCCCCCCCCCCCC)COC(=O)CCCCCCCCCC(C)C. The Bertz CT molecular complexity index is 980. The maximum atomic E-state index is 12.8. The molecule has 0 aliphatic rings. The molecule has 386 valence electrons. The number of carbonyl (C=O) groups excluding carboxylic acids is 3. The van der Waals surface area contributed by atoms with Gasteiger partial charge in [-0.3, -0.25) is 14.4 Å². The van der Waals surface area contributed by atoms with Crippen molar-refractivity contribution in [1.29, 1.82) is 0 Å². The molecule has 0 amide bonds. The summed E-state index contributed by atoms with van der Waals surface area (Å²) in [6, 6.07) is 0. The van der Waals surface area contributed by atoms with Crippen LogP contribution in [0.5, 0.6) is 0 Å². The molecule has 0 radical (unpaired) electrons. The summed E-state index contributed by atoms with van der Waals surface area (Å²) in [5, 5.41) is 0. The van der Waals surface area contributed by atoms with Crippen LogP contribution in [0.2, 0.25) is 0 Å². The molecule has 0 aromatic heterocycles. The Morgan fingerprint density at radius 2 is 0.508 bits per heavy atom. The van der Waals surface area contributed by atoms with Crippen molar-refractivity contribution in [2.24, 2.45) is 5.92 Å². The first-order valence-corrected chi connectivity index (χ1v) is 29.4. The molecule has 0 spiro atoms. The van der Waals surface area contributed by atoms with E-state index in [0.717, 1.165) is 63.7 Å². The third-order valence-electron chi connectivity index (χ3n) is 13.5. The number of carbonyl (C=O) groups is 3. The lowest BCUT2D eigenvalue weighted by molar-refractivity contribution is -0.167. The highest BCUT2D eigenvalue weighted by atomic mass is 16.6. The minimum absolute atomic E-state index is 0.0626. The molecular weight excluding hydrogens is 805 g/mol. The van der Waals surface area contributed by atoms with E-state index in [9.17, 15) is 14.4 Å². The molecule has 0 aliphatic carbocycles. The van der Waals surface area contributed by atoms with E-state index in [1.807, 2.05) is 0 Å². The Hall–Kier alpha value is -1.59. The molecule has 0 bridgehead atoms. The Kier molecular flexibility index (Phi) is 52.1. The first-order valence-electron chi connectivity index (χ1n) is 29.4. The second-order valence-electron chi connectivity index (χ2n) is 20.8. The van der Waals surface area contributed by atoms with E-state index in [2.05, 4.69) is 27.7 Å². The van der Waals surface area contributed by atoms with E-state index in [-0.39, 0.29) is 31.1 Å². The fraction of sp³-hybridized carbons (Fsp3) is 0.949. The standard InChI is InChI=1S/C59H114O6/c1-5-7-9-11-13-15-17-19-21-23-25-27-29-31-33-35-39-44-48-52-59(62)65-56(54-64-58(61)51-47-43-40-36-37-41-45-49-55(3)4)53-63-57(60)50-46-42-38-34-32-30-28-26-24-22-20-18-16-14-12-10-8-6-2/h55-56H,5-54H2,1-4H3/t56-/m1/s1. The van der Waals surface area contributed by atoms with Gasteiger partial charge < -0.3 is 14.2 Å². The van der Waals surface area contributed by atoms with Crippen molar-refractivity contribution in [2.45, 2.75) is 342 Å². The predicted octanol–water partition coefficient (Wildman–Crippen LogP) is 19.4. The van der Waals surface area contributed by atoms with Crippen LogP contribution in [0.1, 0.15) is 336 Å². The van der Waals surface area contributed by atoms with Crippen molar-refractivity contribution < 1.29 is 28.6 Å². The van der Waals surface area contributed by atoms with Gasteiger partial charge in [-0.2, -0.15) is 0 Å². The van der Waals surface area contributed by atoms with Gasteiger partial charge in [-0.1, -0.05) is 297 Å². The van der Waals surface area contributed by atoms with Crippen LogP contribution in [0.3, 0.4) is 0 Å². The number of ether oxygens (including phenoxy) is 3. The van der Waals surface area contributed by atoms with Crippen molar-refractivity contribution in [1.82, 2.24) is 0 Å². The molecule has 0 N–H and O–H groups in total. The third-order valence-corrected chi connectivity index (χ3v) is 13.5. The van der Waals surface area contributed by atoms with Crippen LogP contribution >= 0.6 is 0 Å². The van der Waals surface area contributed by atoms with Gasteiger partial charge in [0.05, 0.1) is 0 Å². The highest BCUT2D eigenvalue weighted by Gasteiger charge is 2.19. The largest absolute Gasteiger partial charge is 0.462 e. The average molecular weight is 920 g/mol. The van der Waals surface area contributed by atoms with Gasteiger partial charge in [0.1, 0.15) is 13.2 Å². The smallest absolute Gasteiger partial charge is 0.306 e. The molecule has 0 aromatic carbocycles. The van der Waals surface area contributed by atoms with Gasteiger partial charge >= 0.3 is 17.9 Å². The van der Waals surface area contributed by atoms with E-state index >= 15 is 0 Å². The summed E-state index contributed by atoms with van der Waals surface area (Å²) >= 11 is 0. The summed E-state index contributed by atoms with van der Waals surface area (Å²) < 4.78 is 16.9. The van der Waals surface area contributed by atoms with Crippen LogP contribution < -0.4 is 0 Å². The molecule has 0 rings (SSSR count). The first-order chi connectivity index (χ1) is 31.9. The molecule has 0 fully saturated rings. The number of hydrogen-bond donors (Lipinski definition) is 0. The first kappa shape index (κ1) is 63.4. The second-order valence-corrected chi connectivity index (χ2v) is 20.8. The molecule has 6 nitrogen and oxygen atoms in total. The molecule has 1 atom stereocenters. The summed E-state index contributed by atoms with van der Waals surface area (Å²) in [4.78, 5) is 38.1. The van der Waals surface area contributed by atoms with Crippen LogP contribution in [-0.4, -0.2) is 37.2 Å². The lowest BCUT2D eigenvalue weighted by Gasteiger charge is -2.18. The predicted molar refractivity (Wildman–Crippen MR) is 280 cm³/mol. The molecule has 65 heavy (non-hydrogen) atoms. The van der Waals surface area contributed by atoms with Crippen molar-refractivity contribution >= 4 is 17.9 Å². The zero-order valence-corrected chi connectivity index (χ0v) is 44.5. The summed E-state index contributed by atoms with van der Waals surface area (Å²) in [5.41, 5.74) is 0. The highest BCUT2D eigenvalue weighted by molar-refractivity contribution is 5.71. The summed E-state index contributed by atoms with van der Waals surface area (Å²) in [5.74, 6) is -0.0578. The highest BCUT2D eigenvalue weighted by Crippen LogP contribution is 2.18. The van der Waals surface area contributed by atoms with E-state index < -0.39 is 6.10 Å². The van der Waals surface area contributed by atoms with Crippen LogP contribution in [-0.2, 0) is 28.6 Å². The van der Waals surface area contributed by atoms with Crippen LogP contribution in [0.25, 0.3) is 0 Å². The maximum Gasteiger partial charge on any atom is 0.306 e. The van der Waals surface area contributed by atoms with Gasteiger partial charge in [-0.25, -0.2) is 0 Å². The van der Waals surface area contributed by atoms with E-state index in [1.54, 1.807) is 0 Å². The number of esters is 3. The quantitative estimate of drug-likeness (QED) is 0.0344. The van der Waals surface area contributed by atoms with E-state index in [0.29, 0.717) is 19.3 Å². The van der Waals surface area contributed by atoms with Crippen molar-refractivity contribution in [3.63, 3.8) is 0 Å². The molecule has 0 unspecified atom stereocenters. The van der Waals surface area contributed by atoms with E-state index in [1.165, 1.54) is 231 Å². The summed E-state index contributed by atoms with van der Waals surface area (Å²) in [6.45, 7) is 9.01. The minimum atomic E-state index is -0.762. The van der Waals surface area contributed by atoms with Gasteiger partial charge in [0.25, 0.3) is 0 Å². The van der Waals surface area contributed by atoms with Crippen LogP contribution in [0, 0.1) is 5.92 Å². The van der Waals surface area contributed by atoms with Crippen LogP contribution in [0.15, 0.2) is 0 Å². The van der Waals surface area contributed by atoms with Crippen LogP contribution in [0.4, 0.5) is 0 Å². The van der Waals surface area contributed by atoms with Gasteiger partial charge in [0, 0.05) is 19.3 Å². The fourth-order valence-corrected chi connectivity index (χ4v) is 9.10. The van der Waals surface area contributed by atoms with Crippen molar-refractivity contribution in [3.8, 4) is 0 Å². The number of hydrogen-bond acceptors (Lipinski definition) is 6. The van der Waals surface area contributed by atoms with E-state index in [4.69, 9.17) is 14.2 Å². The van der Waals surface area contributed by atoms with Gasteiger partial charge in [-0.15, -0.1) is 0 Å². The second kappa shape index (κ2) is 53.4. The van der Waals surface area contributed by atoms with Crippen molar-refractivity contribution in [2.75, 3.05) is 13.2 Å². The molecule has 0 aliphatic heterocycles. The zero-order valence-electron chi connectivity index (χ0n) is 44.5. The molecule has 0 aromatic rings. The Balaban J connectivity index is 4.22. The fourth-order valence-electron chi connectivity index (χ4n) is 9.10. The lowest BCUT2D eigenvalue weighted by atomic mass is 10.0. The monoisotopic (exact) mass is 919 g/mol. The lowest BCUT2D eigenvalue weighted by Crippen LogP contribution is -2.30. The van der Waals surface area contributed by atoms with Gasteiger partial charge in [-0.05, 0) is 25.2 Å². The Morgan fingerprint density at radius 1 is 0.292 bits per heavy atom. The normalized spacial score (nSPS) is 12.0. The van der Waals surface area contributed by atoms with Gasteiger partial charge in [0.15, 0.2) is 6.10 Å². The maximum absolute atomic E-state index is 12.8.